The Bertz CT molecular complexity index is 926. The molecule has 1 aromatic heterocycles. The minimum Gasteiger partial charge on any atom is -0.321 e. The number of benzene rings is 2. The number of aromatic nitrogens is 1. The van der Waals surface area contributed by atoms with Crippen LogP contribution in [0.2, 0.25) is 0 Å². The molecule has 1 heterocycles. The van der Waals surface area contributed by atoms with Gasteiger partial charge in [0.2, 0.25) is 0 Å². The highest BCUT2D eigenvalue weighted by molar-refractivity contribution is 6.09. The van der Waals surface area contributed by atoms with Crippen molar-refractivity contribution >= 4 is 28.4 Å². The molecular weight excluding hydrogens is 329 g/mol. The molecule has 0 saturated heterocycles. The predicted octanol–water partition coefficient (Wildman–Crippen LogP) is 5.06. The van der Waals surface area contributed by atoms with Gasteiger partial charge in [-0.2, -0.15) is 13.2 Å². The van der Waals surface area contributed by atoms with Gasteiger partial charge in [0, 0.05) is 40.5 Å². The number of hydrogen-bond acceptors (Lipinski definition) is 2. The Kier molecular flexibility index (Phi) is 4.52. The van der Waals surface area contributed by atoms with Crippen molar-refractivity contribution < 1.29 is 18.0 Å². The predicted molar refractivity (Wildman–Crippen MR) is 91.2 cm³/mol. The van der Waals surface area contributed by atoms with Crippen LogP contribution >= 0.6 is 0 Å². The number of pyridine rings is 1. The normalized spacial score (nSPS) is 11.8. The molecule has 25 heavy (non-hydrogen) atoms. The third-order valence-electron chi connectivity index (χ3n) is 3.57. The molecule has 0 spiro atoms. The largest absolute Gasteiger partial charge is 0.409 e. The average molecular weight is 342 g/mol. The topological polar surface area (TPSA) is 42.0 Å². The first-order valence-corrected chi connectivity index (χ1v) is 7.42. The Labute approximate surface area is 141 Å². The minimum absolute atomic E-state index is 0.159. The number of alkyl halides is 3. The maximum Gasteiger partial charge on any atom is 0.409 e. The van der Waals surface area contributed by atoms with Crippen molar-refractivity contribution in [2.45, 2.75) is 6.18 Å². The lowest BCUT2D eigenvalue weighted by molar-refractivity contribution is -0.0790. The van der Waals surface area contributed by atoms with Crippen molar-refractivity contribution in [1.29, 1.82) is 0 Å². The molecule has 6 heteroatoms. The van der Waals surface area contributed by atoms with E-state index in [1.54, 1.807) is 24.5 Å². The van der Waals surface area contributed by atoms with Crippen LogP contribution in [0.25, 0.3) is 16.8 Å². The highest BCUT2D eigenvalue weighted by atomic mass is 19.4. The number of nitrogens with one attached hydrogen (secondary N) is 1. The van der Waals surface area contributed by atoms with Crippen molar-refractivity contribution in [3.63, 3.8) is 0 Å². The summed E-state index contributed by atoms with van der Waals surface area (Å²) in [5.74, 6) is -0.337. The summed E-state index contributed by atoms with van der Waals surface area (Å²) in [6.07, 6.45) is 0.0947. The number of carbonyl (C=O) groups excluding carboxylic acids is 1. The third-order valence-corrected chi connectivity index (χ3v) is 3.57. The number of amides is 1. The molecule has 1 N–H and O–H groups in total. The van der Waals surface area contributed by atoms with Gasteiger partial charge in [0.05, 0.1) is 0 Å². The molecule has 3 rings (SSSR count). The van der Waals surface area contributed by atoms with E-state index in [0.29, 0.717) is 16.8 Å². The number of anilines is 1. The van der Waals surface area contributed by atoms with E-state index in [9.17, 15) is 18.0 Å². The van der Waals surface area contributed by atoms with E-state index in [0.717, 1.165) is 16.8 Å². The van der Waals surface area contributed by atoms with Crippen LogP contribution in [0.4, 0.5) is 18.9 Å². The van der Waals surface area contributed by atoms with Crippen molar-refractivity contribution in [2.75, 3.05) is 5.32 Å². The molecule has 126 valence electrons. The van der Waals surface area contributed by atoms with Gasteiger partial charge in [-0.25, -0.2) is 0 Å². The van der Waals surface area contributed by atoms with Crippen molar-refractivity contribution in [1.82, 2.24) is 4.98 Å². The van der Waals surface area contributed by atoms with Gasteiger partial charge in [-0.3, -0.25) is 9.78 Å². The SMILES string of the molecule is O=C(Nc1cccc2cnccc12)c1ccc(C=CC(F)(F)F)cc1. The number of rotatable bonds is 3. The summed E-state index contributed by atoms with van der Waals surface area (Å²) >= 11 is 0. The number of fused-ring (bicyclic) bond motifs is 1. The van der Waals surface area contributed by atoms with Gasteiger partial charge in [0.15, 0.2) is 0 Å². The van der Waals surface area contributed by atoms with Crippen LogP contribution in [-0.2, 0) is 0 Å². The molecule has 3 nitrogen and oxygen atoms in total. The zero-order valence-electron chi connectivity index (χ0n) is 12.9. The molecule has 0 bridgehead atoms. The molecule has 0 unspecified atom stereocenters. The first-order valence-electron chi connectivity index (χ1n) is 7.42. The van der Waals surface area contributed by atoms with Crippen LogP contribution in [0.15, 0.2) is 67.0 Å². The Morgan fingerprint density at radius 2 is 1.80 bits per heavy atom. The molecule has 0 radical (unpaired) electrons. The lowest BCUT2D eigenvalue weighted by Crippen LogP contribution is -2.12. The fourth-order valence-corrected chi connectivity index (χ4v) is 2.36. The van der Waals surface area contributed by atoms with Crippen molar-refractivity contribution in [3.05, 3.63) is 78.1 Å². The molecule has 0 aliphatic carbocycles. The fourth-order valence-electron chi connectivity index (χ4n) is 2.36. The average Bonchev–Trinajstić information content (AvgIpc) is 2.60. The zero-order chi connectivity index (χ0) is 17.9. The van der Waals surface area contributed by atoms with Crippen LogP contribution in [0.5, 0.6) is 0 Å². The van der Waals surface area contributed by atoms with Gasteiger partial charge in [-0.05, 0) is 29.8 Å². The highest BCUT2D eigenvalue weighted by Gasteiger charge is 2.21. The number of carbonyl (C=O) groups is 1. The summed E-state index contributed by atoms with van der Waals surface area (Å²) in [5.41, 5.74) is 1.37. The summed E-state index contributed by atoms with van der Waals surface area (Å²) in [6.45, 7) is 0. The van der Waals surface area contributed by atoms with E-state index >= 15 is 0 Å². The van der Waals surface area contributed by atoms with Gasteiger partial charge in [-0.1, -0.05) is 30.3 Å². The Morgan fingerprint density at radius 3 is 2.52 bits per heavy atom. The zero-order valence-corrected chi connectivity index (χ0v) is 12.9. The summed E-state index contributed by atoms with van der Waals surface area (Å²) in [5, 5.41) is 4.57. The summed E-state index contributed by atoms with van der Waals surface area (Å²) in [6, 6.07) is 13.2. The fraction of sp³-hybridized carbons (Fsp3) is 0.0526. The van der Waals surface area contributed by atoms with Crippen LogP contribution in [0.3, 0.4) is 0 Å². The van der Waals surface area contributed by atoms with Crippen LogP contribution in [0, 0.1) is 0 Å². The summed E-state index contributed by atoms with van der Waals surface area (Å²) in [4.78, 5) is 16.4. The van der Waals surface area contributed by atoms with E-state index in [4.69, 9.17) is 0 Å². The molecule has 1 amide bonds. The van der Waals surface area contributed by atoms with Crippen molar-refractivity contribution in [3.8, 4) is 0 Å². The molecule has 0 fully saturated rings. The maximum absolute atomic E-state index is 12.4. The number of halogens is 3. The number of hydrogen-bond donors (Lipinski definition) is 1. The van der Waals surface area contributed by atoms with E-state index in [1.807, 2.05) is 12.1 Å². The number of nitrogens with zero attached hydrogens (tertiary/aromatic N) is 1. The first kappa shape index (κ1) is 16.7. The molecule has 2 aromatic carbocycles. The molecule has 0 aliphatic heterocycles. The number of allylic oxidation sites excluding steroid dienone is 1. The Morgan fingerprint density at radius 1 is 1.04 bits per heavy atom. The van der Waals surface area contributed by atoms with Crippen LogP contribution < -0.4 is 5.32 Å². The van der Waals surface area contributed by atoms with Crippen LogP contribution in [0.1, 0.15) is 15.9 Å². The quantitative estimate of drug-likeness (QED) is 0.723. The van der Waals surface area contributed by atoms with Gasteiger partial charge >= 0.3 is 6.18 Å². The van der Waals surface area contributed by atoms with Crippen molar-refractivity contribution in [2.24, 2.45) is 0 Å². The van der Waals surface area contributed by atoms with Gasteiger partial charge in [-0.15, -0.1) is 0 Å². The van der Waals surface area contributed by atoms with Gasteiger partial charge in [0.1, 0.15) is 0 Å². The third kappa shape index (κ3) is 4.23. The minimum atomic E-state index is -4.36. The molecule has 0 atom stereocenters. The lowest BCUT2D eigenvalue weighted by atomic mass is 10.1. The van der Waals surface area contributed by atoms with Gasteiger partial charge < -0.3 is 5.32 Å². The molecular formula is C19H13F3N2O. The maximum atomic E-state index is 12.4. The second-order valence-corrected chi connectivity index (χ2v) is 5.35. The van der Waals surface area contributed by atoms with E-state index in [1.165, 1.54) is 24.3 Å². The second kappa shape index (κ2) is 6.76. The summed E-state index contributed by atoms with van der Waals surface area (Å²) in [7, 11) is 0. The van der Waals surface area contributed by atoms with E-state index < -0.39 is 6.18 Å². The van der Waals surface area contributed by atoms with E-state index in [-0.39, 0.29) is 12.0 Å². The summed E-state index contributed by atoms with van der Waals surface area (Å²) < 4.78 is 36.5. The van der Waals surface area contributed by atoms with Crippen LogP contribution in [-0.4, -0.2) is 17.1 Å². The molecule has 0 saturated carbocycles. The monoisotopic (exact) mass is 342 g/mol. The smallest absolute Gasteiger partial charge is 0.321 e. The second-order valence-electron chi connectivity index (χ2n) is 5.35. The van der Waals surface area contributed by atoms with Gasteiger partial charge in [0.25, 0.3) is 5.91 Å². The molecule has 0 aliphatic rings. The Hall–Kier alpha value is -3.15. The standard InChI is InChI=1S/C19H13F3N2O/c20-19(21,22)10-8-13-4-6-14(7-5-13)18(25)24-17-3-1-2-15-12-23-11-9-16(15)17/h1-12H,(H,24,25). The molecule has 3 aromatic rings. The lowest BCUT2D eigenvalue weighted by Gasteiger charge is -2.08. The first-order chi connectivity index (χ1) is 11.9. The Balaban J connectivity index is 1.78. The highest BCUT2D eigenvalue weighted by Crippen LogP contribution is 2.23. The van der Waals surface area contributed by atoms with E-state index in [2.05, 4.69) is 10.3 Å².